The Balaban J connectivity index is 3.09. The number of hydrogen-bond acceptors (Lipinski definition) is 4. The summed E-state index contributed by atoms with van der Waals surface area (Å²) in [4.78, 5) is 0.304. The molecule has 0 bridgehead atoms. The number of methoxy groups -OCH3 is 1. The summed E-state index contributed by atoms with van der Waals surface area (Å²) in [7, 11) is -2.02. The van der Waals surface area contributed by atoms with Crippen LogP contribution in [0.2, 0.25) is 0 Å². The number of hydrogen-bond donors (Lipinski definition) is 2. The van der Waals surface area contributed by atoms with Gasteiger partial charge in [0.15, 0.2) is 0 Å². The number of nitrogens with one attached hydrogen (secondary N) is 1. The van der Waals surface area contributed by atoms with Crippen molar-refractivity contribution in [2.75, 3.05) is 13.7 Å². The average molecular weight is 314 g/mol. The Kier molecular flexibility index (Phi) is 5.78. The standard InChI is InChI=1S/C15H26N2O3S/c1-6-15(16,7-2)10-17-21(18,19)14-11(3)8-13(20-5)9-12(14)4/h8-9,17H,6-7,10,16H2,1-5H3. The van der Waals surface area contributed by atoms with Gasteiger partial charge in [-0.25, -0.2) is 13.1 Å². The van der Waals surface area contributed by atoms with Gasteiger partial charge in [-0.1, -0.05) is 13.8 Å². The van der Waals surface area contributed by atoms with E-state index in [0.29, 0.717) is 34.6 Å². The first-order valence-corrected chi connectivity index (χ1v) is 8.61. The predicted molar refractivity (Wildman–Crippen MR) is 85.2 cm³/mol. The first-order valence-electron chi connectivity index (χ1n) is 7.13. The lowest BCUT2D eigenvalue weighted by Gasteiger charge is -2.27. The molecule has 0 spiro atoms. The van der Waals surface area contributed by atoms with Gasteiger partial charge in [-0.15, -0.1) is 0 Å². The van der Waals surface area contributed by atoms with E-state index in [-0.39, 0.29) is 6.54 Å². The molecule has 0 aliphatic rings. The van der Waals surface area contributed by atoms with Gasteiger partial charge >= 0.3 is 0 Å². The second kappa shape index (κ2) is 6.77. The fourth-order valence-electron chi connectivity index (χ4n) is 2.26. The molecule has 0 aliphatic heterocycles. The Hall–Kier alpha value is -1.11. The van der Waals surface area contributed by atoms with Crippen LogP contribution in [0.4, 0.5) is 0 Å². The van der Waals surface area contributed by atoms with Crippen molar-refractivity contribution in [3.05, 3.63) is 23.3 Å². The number of sulfonamides is 1. The molecule has 6 heteroatoms. The van der Waals surface area contributed by atoms with Gasteiger partial charge in [0.2, 0.25) is 10.0 Å². The van der Waals surface area contributed by atoms with Crippen molar-refractivity contribution < 1.29 is 13.2 Å². The molecule has 1 rings (SSSR count). The first kappa shape index (κ1) is 17.9. The molecule has 5 nitrogen and oxygen atoms in total. The van der Waals surface area contributed by atoms with Gasteiger partial charge in [-0.3, -0.25) is 0 Å². The number of ether oxygens (including phenoxy) is 1. The molecular formula is C15H26N2O3S. The monoisotopic (exact) mass is 314 g/mol. The molecule has 0 aromatic heterocycles. The van der Waals surface area contributed by atoms with Gasteiger partial charge in [-0.05, 0) is 49.9 Å². The van der Waals surface area contributed by atoms with Crippen molar-refractivity contribution in [3.63, 3.8) is 0 Å². The van der Waals surface area contributed by atoms with Crippen molar-refractivity contribution >= 4 is 10.0 Å². The van der Waals surface area contributed by atoms with Crippen LogP contribution in [-0.2, 0) is 10.0 Å². The summed E-state index contributed by atoms with van der Waals surface area (Å²) in [6.45, 7) is 7.68. The number of nitrogens with two attached hydrogens (primary N) is 1. The van der Waals surface area contributed by atoms with E-state index in [2.05, 4.69) is 4.72 Å². The molecule has 0 atom stereocenters. The second-order valence-electron chi connectivity index (χ2n) is 5.48. The average Bonchev–Trinajstić information content (AvgIpc) is 2.43. The number of aryl methyl sites for hydroxylation is 2. The highest BCUT2D eigenvalue weighted by molar-refractivity contribution is 7.89. The molecule has 0 saturated heterocycles. The minimum atomic E-state index is -3.59. The van der Waals surface area contributed by atoms with Crippen LogP contribution in [0, 0.1) is 13.8 Å². The molecule has 21 heavy (non-hydrogen) atoms. The van der Waals surface area contributed by atoms with Gasteiger partial charge in [0.05, 0.1) is 12.0 Å². The van der Waals surface area contributed by atoms with E-state index in [9.17, 15) is 8.42 Å². The van der Waals surface area contributed by atoms with Crippen LogP contribution in [0.25, 0.3) is 0 Å². The molecule has 0 amide bonds. The van der Waals surface area contributed by atoms with Crippen LogP contribution in [0.3, 0.4) is 0 Å². The maximum Gasteiger partial charge on any atom is 0.241 e. The minimum Gasteiger partial charge on any atom is -0.497 e. The largest absolute Gasteiger partial charge is 0.497 e. The van der Waals surface area contributed by atoms with Gasteiger partial charge in [0.1, 0.15) is 5.75 Å². The molecule has 120 valence electrons. The van der Waals surface area contributed by atoms with Crippen LogP contribution in [-0.4, -0.2) is 27.6 Å². The Bertz CT molecular complexity index is 570. The Labute approximate surface area is 127 Å². The molecule has 0 saturated carbocycles. The molecule has 0 unspecified atom stereocenters. The molecule has 0 heterocycles. The quantitative estimate of drug-likeness (QED) is 0.807. The highest BCUT2D eigenvalue weighted by Crippen LogP contribution is 2.25. The molecular weight excluding hydrogens is 288 g/mol. The maximum atomic E-state index is 12.5. The topological polar surface area (TPSA) is 81.4 Å². The first-order chi connectivity index (χ1) is 9.69. The van der Waals surface area contributed by atoms with E-state index < -0.39 is 15.6 Å². The maximum absolute atomic E-state index is 12.5. The normalized spacial score (nSPS) is 12.5. The molecule has 0 aliphatic carbocycles. The highest BCUT2D eigenvalue weighted by Gasteiger charge is 2.26. The lowest BCUT2D eigenvalue weighted by molar-refractivity contribution is 0.391. The molecule has 0 radical (unpaired) electrons. The fraction of sp³-hybridized carbons (Fsp3) is 0.600. The summed E-state index contributed by atoms with van der Waals surface area (Å²) < 4.78 is 32.9. The SMILES string of the molecule is CCC(N)(CC)CNS(=O)(=O)c1c(C)cc(OC)cc1C. The predicted octanol–water partition coefficient (Wildman–Crippen LogP) is 2.11. The summed E-state index contributed by atoms with van der Waals surface area (Å²) in [5.41, 5.74) is 6.97. The molecule has 1 aromatic carbocycles. The smallest absolute Gasteiger partial charge is 0.241 e. The van der Waals surface area contributed by atoms with Crippen LogP contribution in [0.5, 0.6) is 5.75 Å². The summed E-state index contributed by atoms with van der Waals surface area (Å²) in [6, 6.07) is 3.44. The third-order valence-electron chi connectivity index (χ3n) is 3.96. The Morgan fingerprint density at radius 2 is 1.67 bits per heavy atom. The van der Waals surface area contributed by atoms with Gasteiger partial charge in [-0.2, -0.15) is 0 Å². The Morgan fingerprint density at radius 1 is 1.19 bits per heavy atom. The van der Waals surface area contributed by atoms with E-state index in [1.807, 2.05) is 13.8 Å². The van der Waals surface area contributed by atoms with Gasteiger partial charge in [0, 0.05) is 12.1 Å². The fourth-order valence-corrected chi connectivity index (χ4v) is 3.85. The zero-order valence-corrected chi connectivity index (χ0v) is 14.3. The van der Waals surface area contributed by atoms with Gasteiger partial charge in [0.25, 0.3) is 0 Å². The van der Waals surface area contributed by atoms with E-state index in [1.54, 1.807) is 33.1 Å². The van der Waals surface area contributed by atoms with Crippen molar-refractivity contribution in [1.29, 1.82) is 0 Å². The van der Waals surface area contributed by atoms with E-state index in [4.69, 9.17) is 10.5 Å². The van der Waals surface area contributed by atoms with Gasteiger partial charge < -0.3 is 10.5 Å². The number of rotatable bonds is 7. The van der Waals surface area contributed by atoms with Crippen LogP contribution < -0.4 is 15.2 Å². The third-order valence-corrected chi connectivity index (χ3v) is 5.67. The Morgan fingerprint density at radius 3 is 2.05 bits per heavy atom. The lowest BCUT2D eigenvalue weighted by atomic mass is 9.95. The second-order valence-corrected chi connectivity index (χ2v) is 7.19. The minimum absolute atomic E-state index is 0.229. The van der Waals surface area contributed by atoms with Crippen LogP contribution in [0.1, 0.15) is 37.8 Å². The van der Waals surface area contributed by atoms with E-state index in [0.717, 1.165) is 0 Å². The van der Waals surface area contributed by atoms with E-state index in [1.165, 1.54) is 0 Å². The summed E-state index contributed by atoms with van der Waals surface area (Å²) in [5.74, 6) is 0.652. The lowest BCUT2D eigenvalue weighted by Crippen LogP contribution is -2.49. The molecule has 0 fully saturated rings. The van der Waals surface area contributed by atoms with Crippen molar-refractivity contribution in [2.24, 2.45) is 5.73 Å². The molecule has 1 aromatic rings. The van der Waals surface area contributed by atoms with Crippen LogP contribution >= 0.6 is 0 Å². The van der Waals surface area contributed by atoms with Crippen molar-refractivity contribution in [3.8, 4) is 5.75 Å². The van der Waals surface area contributed by atoms with Crippen LogP contribution in [0.15, 0.2) is 17.0 Å². The zero-order valence-electron chi connectivity index (χ0n) is 13.5. The summed E-state index contributed by atoms with van der Waals surface area (Å²) >= 11 is 0. The van der Waals surface area contributed by atoms with E-state index >= 15 is 0 Å². The highest BCUT2D eigenvalue weighted by atomic mass is 32.2. The third kappa shape index (κ3) is 4.18. The van der Waals surface area contributed by atoms with Crippen molar-refractivity contribution in [2.45, 2.75) is 51.0 Å². The zero-order chi connectivity index (χ0) is 16.3. The number of benzene rings is 1. The molecule has 3 N–H and O–H groups in total. The van der Waals surface area contributed by atoms with Crippen molar-refractivity contribution in [1.82, 2.24) is 4.72 Å². The summed E-state index contributed by atoms with van der Waals surface area (Å²) in [5, 5.41) is 0. The summed E-state index contributed by atoms with van der Waals surface area (Å²) in [6.07, 6.45) is 1.43.